The fourth-order valence-corrected chi connectivity index (χ4v) is 6.21. The average Bonchev–Trinajstić information content (AvgIpc) is 3.21. The number of allylic oxidation sites excluding steroid dienone is 1. The van der Waals surface area contributed by atoms with Crippen molar-refractivity contribution in [2.45, 2.75) is 32.9 Å². The first-order chi connectivity index (χ1) is 18.7. The van der Waals surface area contributed by atoms with Crippen LogP contribution in [0.2, 0.25) is 0 Å². The van der Waals surface area contributed by atoms with Gasteiger partial charge < -0.3 is 14.2 Å². The van der Waals surface area contributed by atoms with Crippen LogP contribution in [-0.4, -0.2) is 30.9 Å². The molecule has 1 aliphatic heterocycles. The molecule has 200 valence electrons. The van der Waals surface area contributed by atoms with E-state index >= 15 is 0 Å². The Kier molecular flexibility index (Phi) is 7.46. The minimum absolute atomic E-state index is 0.275. The zero-order valence-electron chi connectivity index (χ0n) is 22.2. The molecule has 2 heterocycles. The summed E-state index contributed by atoms with van der Waals surface area (Å²) in [5.41, 5.74) is 1.95. The molecule has 3 aromatic carbocycles. The van der Waals surface area contributed by atoms with Gasteiger partial charge in [0.1, 0.15) is 17.5 Å². The monoisotopic (exact) mass is 606 g/mol. The van der Waals surface area contributed by atoms with Crippen molar-refractivity contribution in [2.75, 3.05) is 14.2 Å². The summed E-state index contributed by atoms with van der Waals surface area (Å²) in [5, 5.41) is 1.99. The fraction of sp³-hybridized carbons (Fsp3) is 0.233. The molecule has 0 amide bonds. The van der Waals surface area contributed by atoms with Crippen LogP contribution < -0.4 is 24.4 Å². The van der Waals surface area contributed by atoms with Gasteiger partial charge in [-0.05, 0) is 61.9 Å². The van der Waals surface area contributed by atoms with E-state index in [1.165, 1.54) is 11.3 Å². The summed E-state index contributed by atoms with van der Waals surface area (Å²) in [4.78, 5) is 32.7. The van der Waals surface area contributed by atoms with Crippen molar-refractivity contribution in [1.29, 1.82) is 0 Å². The molecule has 0 bridgehead atoms. The molecular formula is C30H27BrN2O5S. The van der Waals surface area contributed by atoms with Gasteiger partial charge in [0, 0.05) is 15.6 Å². The molecule has 0 unspecified atom stereocenters. The highest BCUT2D eigenvalue weighted by Crippen LogP contribution is 2.37. The highest BCUT2D eigenvalue weighted by Gasteiger charge is 2.35. The number of ether oxygens (including phenoxy) is 3. The minimum Gasteiger partial charge on any atom is -0.496 e. The molecule has 0 aliphatic carbocycles. The summed E-state index contributed by atoms with van der Waals surface area (Å²) in [7, 11) is 3.17. The van der Waals surface area contributed by atoms with Gasteiger partial charge in [-0.25, -0.2) is 9.79 Å². The van der Waals surface area contributed by atoms with Crippen molar-refractivity contribution in [3.8, 4) is 11.5 Å². The van der Waals surface area contributed by atoms with Gasteiger partial charge in [-0.15, -0.1) is 0 Å². The number of rotatable bonds is 6. The Labute approximate surface area is 237 Å². The first-order valence-corrected chi connectivity index (χ1v) is 14.0. The van der Waals surface area contributed by atoms with Crippen LogP contribution in [0.25, 0.3) is 16.8 Å². The van der Waals surface area contributed by atoms with E-state index < -0.39 is 12.0 Å². The Morgan fingerprint density at radius 1 is 1.08 bits per heavy atom. The molecule has 1 atom stereocenters. The number of fused-ring (bicyclic) bond motifs is 2. The second kappa shape index (κ2) is 10.8. The van der Waals surface area contributed by atoms with Gasteiger partial charge in [0.05, 0.1) is 36.1 Å². The van der Waals surface area contributed by atoms with Crippen LogP contribution in [0.3, 0.4) is 0 Å². The molecule has 0 saturated heterocycles. The van der Waals surface area contributed by atoms with Crippen LogP contribution in [0, 0.1) is 0 Å². The van der Waals surface area contributed by atoms with Crippen LogP contribution in [-0.2, 0) is 9.53 Å². The number of esters is 1. The van der Waals surface area contributed by atoms with E-state index in [-0.39, 0.29) is 11.7 Å². The molecule has 39 heavy (non-hydrogen) atoms. The van der Waals surface area contributed by atoms with E-state index in [9.17, 15) is 9.59 Å². The molecule has 9 heteroatoms. The molecule has 0 fully saturated rings. The standard InChI is InChI=1S/C30H27BrN2O5S/c1-16(2)38-29(35)26-17(3)32-30-33(27(26)22-14-19(31)11-13-24(22)37-5)28(34)25(39-30)15-21-20-9-7-6-8-18(20)10-12-23(21)36-4/h6-16,27H,1-5H3/b25-15-/t27-/m1/s1. The van der Waals surface area contributed by atoms with Gasteiger partial charge in [-0.2, -0.15) is 0 Å². The SMILES string of the molecule is COc1ccc(Br)cc1[C@@H]1C(C(=O)OC(C)C)=C(C)N=c2s/c(=C\c3c(OC)ccc4ccccc34)c(=O)n21. The van der Waals surface area contributed by atoms with E-state index in [2.05, 4.69) is 15.9 Å². The van der Waals surface area contributed by atoms with Gasteiger partial charge in [-0.1, -0.05) is 57.6 Å². The third kappa shape index (κ3) is 4.92. The zero-order chi connectivity index (χ0) is 27.8. The van der Waals surface area contributed by atoms with E-state index in [1.807, 2.05) is 54.6 Å². The number of carbonyl (C=O) groups is 1. The molecule has 0 N–H and O–H groups in total. The molecular weight excluding hydrogens is 580 g/mol. The molecule has 0 spiro atoms. The molecule has 0 saturated carbocycles. The maximum Gasteiger partial charge on any atom is 0.338 e. The van der Waals surface area contributed by atoms with Gasteiger partial charge in [0.2, 0.25) is 0 Å². The number of aromatic nitrogens is 1. The largest absolute Gasteiger partial charge is 0.496 e. The number of halogens is 1. The van der Waals surface area contributed by atoms with Crippen molar-refractivity contribution < 1.29 is 19.0 Å². The zero-order valence-corrected chi connectivity index (χ0v) is 24.6. The lowest BCUT2D eigenvalue weighted by Gasteiger charge is -2.26. The van der Waals surface area contributed by atoms with Crippen LogP contribution in [0.4, 0.5) is 0 Å². The molecule has 7 nitrogen and oxygen atoms in total. The van der Waals surface area contributed by atoms with E-state index in [4.69, 9.17) is 19.2 Å². The molecule has 0 radical (unpaired) electrons. The van der Waals surface area contributed by atoms with Crippen LogP contribution in [0.5, 0.6) is 11.5 Å². The first-order valence-electron chi connectivity index (χ1n) is 12.4. The third-order valence-electron chi connectivity index (χ3n) is 6.50. The van der Waals surface area contributed by atoms with E-state index in [1.54, 1.807) is 45.6 Å². The molecule has 4 aromatic rings. The lowest BCUT2D eigenvalue weighted by molar-refractivity contribution is -0.143. The van der Waals surface area contributed by atoms with Crippen molar-refractivity contribution in [2.24, 2.45) is 4.99 Å². The smallest absolute Gasteiger partial charge is 0.338 e. The second-order valence-electron chi connectivity index (χ2n) is 9.32. The first kappa shape index (κ1) is 26.9. The highest BCUT2D eigenvalue weighted by molar-refractivity contribution is 9.10. The maximum absolute atomic E-state index is 14.1. The number of thiazole rings is 1. The van der Waals surface area contributed by atoms with Crippen LogP contribution >= 0.6 is 27.3 Å². The normalized spacial score (nSPS) is 15.4. The van der Waals surface area contributed by atoms with Gasteiger partial charge >= 0.3 is 5.97 Å². The Morgan fingerprint density at radius 3 is 2.51 bits per heavy atom. The average molecular weight is 608 g/mol. The summed E-state index contributed by atoms with van der Waals surface area (Å²) >= 11 is 4.80. The van der Waals surface area contributed by atoms with Crippen molar-refractivity contribution in [1.82, 2.24) is 4.57 Å². The number of hydrogen-bond donors (Lipinski definition) is 0. The summed E-state index contributed by atoms with van der Waals surface area (Å²) in [6.45, 7) is 5.34. The second-order valence-corrected chi connectivity index (χ2v) is 11.2. The van der Waals surface area contributed by atoms with Gasteiger partial charge in [0.25, 0.3) is 5.56 Å². The fourth-order valence-electron chi connectivity index (χ4n) is 4.81. The Morgan fingerprint density at radius 2 is 1.79 bits per heavy atom. The van der Waals surface area contributed by atoms with Crippen LogP contribution in [0.15, 0.2) is 80.1 Å². The maximum atomic E-state index is 14.1. The predicted octanol–water partition coefficient (Wildman–Crippen LogP) is 5.12. The van der Waals surface area contributed by atoms with Crippen molar-refractivity contribution >= 4 is 50.1 Å². The van der Waals surface area contributed by atoms with E-state index in [0.717, 1.165) is 20.8 Å². The Hall–Kier alpha value is -3.69. The van der Waals surface area contributed by atoms with E-state index in [0.29, 0.717) is 37.7 Å². The lowest BCUT2D eigenvalue weighted by Crippen LogP contribution is -2.40. The number of hydrogen-bond acceptors (Lipinski definition) is 7. The summed E-state index contributed by atoms with van der Waals surface area (Å²) < 4.78 is 19.7. The quantitative estimate of drug-likeness (QED) is 0.285. The van der Waals surface area contributed by atoms with Crippen LogP contribution in [0.1, 0.15) is 37.9 Å². The van der Waals surface area contributed by atoms with Gasteiger partial charge in [-0.3, -0.25) is 9.36 Å². The number of methoxy groups -OCH3 is 2. The minimum atomic E-state index is -0.795. The number of nitrogens with zero attached hydrogens (tertiary/aromatic N) is 2. The van der Waals surface area contributed by atoms with Gasteiger partial charge in [0.15, 0.2) is 4.80 Å². The third-order valence-corrected chi connectivity index (χ3v) is 7.97. The van der Waals surface area contributed by atoms with Crippen molar-refractivity contribution in [3.05, 3.63) is 101 Å². The molecule has 1 aromatic heterocycles. The molecule has 5 rings (SSSR count). The molecule has 1 aliphatic rings. The Balaban J connectivity index is 1.81. The Bertz CT molecular complexity index is 1820. The number of benzene rings is 3. The topological polar surface area (TPSA) is 79.1 Å². The summed E-state index contributed by atoms with van der Waals surface area (Å²) in [6, 6.07) is 16.5. The van der Waals surface area contributed by atoms with Crippen molar-refractivity contribution in [3.63, 3.8) is 0 Å². The lowest BCUT2D eigenvalue weighted by atomic mass is 9.95. The number of carbonyl (C=O) groups excluding carboxylic acids is 1. The highest BCUT2D eigenvalue weighted by atomic mass is 79.9. The predicted molar refractivity (Wildman–Crippen MR) is 156 cm³/mol. The summed E-state index contributed by atoms with van der Waals surface area (Å²) in [5.74, 6) is 0.670. The summed E-state index contributed by atoms with van der Waals surface area (Å²) in [6.07, 6.45) is 1.50.